The van der Waals surface area contributed by atoms with Gasteiger partial charge in [0.15, 0.2) is 10.1 Å². The third kappa shape index (κ3) is 5.44. The molecule has 0 saturated carbocycles. The first-order valence-corrected chi connectivity index (χ1v) is 10.4. The van der Waals surface area contributed by atoms with Crippen molar-refractivity contribution in [3.8, 4) is 0 Å². The van der Waals surface area contributed by atoms with Crippen LogP contribution in [0.2, 0.25) is 0 Å². The molecule has 1 N–H and O–H groups in total. The van der Waals surface area contributed by atoms with Gasteiger partial charge in [-0.3, -0.25) is 4.79 Å². The molecule has 26 heavy (non-hydrogen) atoms. The molecule has 3 aromatic rings. The molecule has 0 aliphatic heterocycles. The summed E-state index contributed by atoms with van der Waals surface area (Å²) in [6, 6.07) is 11.7. The molecular weight excluding hydrogens is 366 g/mol. The van der Waals surface area contributed by atoms with Crippen LogP contribution in [0.15, 0.2) is 51.4 Å². The lowest BCUT2D eigenvalue weighted by molar-refractivity contribution is 0.102. The van der Waals surface area contributed by atoms with E-state index in [4.69, 9.17) is 4.42 Å². The Morgan fingerprint density at radius 2 is 2.08 bits per heavy atom. The molecule has 0 amide bonds. The van der Waals surface area contributed by atoms with Crippen molar-refractivity contribution < 1.29 is 9.21 Å². The van der Waals surface area contributed by atoms with E-state index in [0.29, 0.717) is 12.3 Å². The second kappa shape index (κ2) is 9.54. The van der Waals surface area contributed by atoms with Crippen molar-refractivity contribution in [2.45, 2.75) is 37.1 Å². The molecule has 1 aromatic carbocycles. The van der Waals surface area contributed by atoms with Crippen LogP contribution in [0.25, 0.3) is 0 Å². The number of furan rings is 1. The Balaban J connectivity index is 1.46. The predicted octanol–water partition coefficient (Wildman–Crippen LogP) is 5.06. The fourth-order valence-corrected chi connectivity index (χ4v) is 4.01. The van der Waals surface area contributed by atoms with Gasteiger partial charge >= 0.3 is 0 Å². The number of aromatic nitrogens is 2. The van der Waals surface area contributed by atoms with Crippen LogP contribution in [-0.2, 0) is 13.0 Å². The number of hydrogen-bond donors (Lipinski definition) is 1. The standard InChI is InChI=1S/C19H21N3O2S2/c1-2-3-5-14-7-9-15(10-8-14)17(23)13-25-19-22-21-18(26-19)20-12-16-6-4-11-24-16/h4,6-11H,2-3,5,12-13H2,1H3,(H,20,21). The van der Waals surface area contributed by atoms with E-state index in [-0.39, 0.29) is 5.78 Å². The maximum Gasteiger partial charge on any atom is 0.206 e. The molecule has 5 nitrogen and oxygen atoms in total. The van der Waals surface area contributed by atoms with Gasteiger partial charge in [0.05, 0.1) is 18.6 Å². The number of nitrogens with zero attached hydrogens (tertiary/aromatic N) is 2. The van der Waals surface area contributed by atoms with Crippen molar-refractivity contribution in [3.63, 3.8) is 0 Å². The molecule has 0 atom stereocenters. The van der Waals surface area contributed by atoms with Crippen LogP contribution in [-0.4, -0.2) is 21.7 Å². The van der Waals surface area contributed by atoms with Crippen LogP contribution in [0.3, 0.4) is 0 Å². The van der Waals surface area contributed by atoms with Gasteiger partial charge in [0, 0.05) is 5.56 Å². The van der Waals surface area contributed by atoms with Crippen LogP contribution in [0.4, 0.5) is 5.13 Å². The lowest BCUT2D eigenvalue weighted by atomic mass is 10.1. The lowest BCUT2D eigenvalue weighted by Crippen LogP contribution is -2.02. The summed E-state index contributed by atoms with van der Waals surface area (Å²) in [4.78, 5) is 12.3. The van der Waals surface area contributed by atoms with Gasteiger partial charge in [0.25, 0.3) is 0 Å². The largest absolute Gasteiger partial charge is 0.467 e. The maximum absolute atomic E-state index is 12.3. The van der Waals surface area contributed by atoms with E-state index in [2.05, 4.69) is 34.6 Å². The quantitative estimate of drug-likeness (QED) is 0.387. The molecule has 0 aliphatic carbocycles. The van der Waals surface area contributed by atoms with E-state index in [1.54, 1.807) is 6.26 Å². The highest BCUT2D eigenvalue weighted by atomic mass is 32.2. The highest BCUT2D eigenvalue weighted by Gasteiger charge is 2.10. The fraction of sp³-hybridized carbons (Fsp3) is 0.316. The number of carbonyl (C=O) groups excluding carboxylic acids is 1. The van der Waals surface area contributed by atoms with Crippen molar-refractivity contribution in [1.82, 2.24) is 10.2 Å². The number of hydrogen-bond acceptors (Lipinski definition) is 7. The first-order valence-electron chi connectivity index (χ1n) is 8.59. The predicted molar refractivity (Wildman–Crippen MR) is 106 cm³/mol. The highest BCUT2D eigenvalue weighted by molar-refractivity contribution is 8.01. The van der Waals surface area contributed by atoms with E-state index in [1.807, 2.05) is 24.3 Å². The molecule has 0 saturated heterocycles. The van der Waals surface area contributed by atoms with Crippen LogP contribution in [0.1, 0.15) is 41.4 Å². The fourth-order valence-electron chi connectivity index (χ4n) is 2.36. The second-order valence-electron chi connectivity index (χ2n) is 5.82. The number of rotatable bonds is 10. The molecule has 136 valence electrons. The van der Waals surface area contributed by atoms with Gasteiger partial charge < -0.3 is 9.73 Å². The summed E-state index contributed by atoms with van der Waals surface area (Å²) in [7, 11) is 0. The van der Waals surface area contributed by atoms with Crippen molar-refractivity contribution in [2.75, 3.05) is 11.1 Å². The minimum absolute atomic E-state index is 0.109. The van der Waals surface area contributed by atoms with Crippen molar-refractivity contribution in [2.24, 2.45) is 0 Å². The molecule has 0 unspecified atom stereocenters. The summed E-state index contributed by atoms with van der Waals surface area (Å²) in [5.41, 5.74) is 2.03. The molecular formula is C19H21N3O2S2. The Kier molecular flexibility index (Phi) is 6.85. The summed E-state index contributed by atoms with van der Waals surface area (Å²) in [6.45, 7) is 2.75. The smallest absolute Gasteiger partial charge is 0.206 e. The second-order valence-corrected chi connectivity index (χ2v) is 8.02. The van der Waals surface area contributed by atoms with E-state index in [1.165, 1.54) is 41.5 Å². The number of nitrogens with one attached hydrogen (secondary N) is 1. The van der Waals surface area contributed by atoms with Gasteiger partial charge in [-0.25, -0.2) is 0 Å². The Labute approximate surface area is 161 Å². The number of anilines is 1. The zero-order chi connectivity index (χ0) is 18.2. The van der Waals surface area contributed by atoms with Crippen LogP contribution in [0, 0.1) is 0 Å². The average molecular weight is 388 g/mol. The molecule has 2 aromatic heterocycles. The Morgan fingerprint density at radius 1 is 1.23 bits per heavy atom. The van der Waals surface area contributed by atoms with E-state index < -0.39 is 0 Å². The summed E-state index contributed by atoms with van der Waals surface area (Å²) in [5.74, 6) is 1.31. The lowest BCUT2D eigenvalue weighted by Gasteiger charge is -2.02. The van der Waals surface area contributed by atoms with Gasteiger partial charge in [-0.1, -0.05) is 60.7 Å². The van der Waals surface area contributed by atoms with Crippen LogP contribution in [0.5, 0.6) is 0 Å². The Bertz CT molecular complexity index is 814. The summed E-state index contributed by atoms with van der Waals surface area (Å²) < 4.78 is 6.04. The first kappa shape index (κ1) is 18.7. The average Bonchev–Trinajstić information content (AvgIpc) is 3.35. The molecule has 0 aliphatic rings. The van der Waals surface area contributed by atoms with Gasteiger partial charge in [0.1, 0.15) is 5.76 Å². The molecule has 0 fully saturated rings. The Morgan fingerprint density at radius 3 is 2.81 bits per heavy atom. The first-order chi connectivity index (χ1) is 12.7. The number of unbranched alkanes of at least 4 members (excludes halogenated alkanes) is 1. The number of thioether (sulfide) groups is 1. The van der Waals surface area contributed by atoms with E-state index >= 15 is 0 Å². The normalized spacial score (nSPS) is 10.8. The Hall–Kier alpha value is -2.12. The third-order valence-electron chi connectivity index (χ3n) is 3.82. The van der Waals surface area contributed by atoms with Crippen molar-refractivity contribution in [3.05, 3.63) is 59.5 Å². The van der Waals surface area contributed by atoms with Crippen molar-refractivity contribution in [1.29, 1.82) is 0 Å². The van der Waals surface area contributed by atoms with E-state index in [0.717, 1.165) is 27.2 Å². The molecule has 0 radical (unpaired) electrons. The molecule has 7 heteroatoms. The number of benzene rings is 1. The van der Waals surface area contributed by atoms with Crippen molar-refractivity contribution >= 4 is 34.0 Å². The minimum atomic E-state index is 0.109. The van der Waals surface area contributed by atoms with E-state index in [9.17, 15) is 4.79 Å². The SMILES string of the molecule is CCCCc1ccc(C(=O)CSc2nnc(NCc3ccco3)s2)cc1. The summed E-state index contributed by atoms with van der Waals surface area (Å²) >= 11 is 2.86. The zero-order valence-electron chi connectivity index (χ0n) is 14.6. The van der Waals surface area contributed by atoms with Crippen LogP contribution >= 0.6 is 23.1 Å². The topological polar surface area (TPSA) is 68.0 Å². The highest BCUT2D eigenvalue weighted by Crippen LogP contribution is 2.26. The van der Waals surface area contributed by atoms with Gasteiger partial charge in [-0.2, -0.15) is 0 Å². The van der Waals surface area contributed by atoms with Gasteiger partial charge in [-0.15, -0.1) is 10.2 Å². The number of ketones is 1. The van der Waals surface area contributed by atoms with Gasteiger partial charge in [0.2, 0.25) is 5.13 Å². The molecule has 0 spiro atoms. The maximum atomic E-state index is 12.3. The van der Waals surface area contributed by atoms with Crippen LogP contribution < -0.4 is 5.32 Å². The number of aryl methyl sites for hydroxylation is 1. The summed E-state index contributed by atoms with van der Waals surface area (Å²) in [5, 5.41) is 12.1. The number of Topliss-reactive ketones (excluding diaryl/α,β-unsaturated/α-hetero) is 1. The number of carbonyl (C=O) groups is 1. The monoisotopic (exact) mass is 387 g/mol. The minimum Gasteiger partial charge on any atom is -0.467 e. The summed E-state index contributed by atoms with van der Waals surface area (Å²) in [6.07, 6.45) is 5.06. The molecule has 0 bridgehead atoms. The van der Waals surface area contributed by atoms with Gasteiger partial charge in [-0.05, 0) is 30.5 Å². The molecule has 2 heterocycles. The molecule has 3 rings (SSSR count). The third-order valence-corrected chi connectivity index (χ3v) is 5.84. The zero-order valence-corrected chi connectivity index (χ0v) is 16.2.